The van der Waals surface area contributed by atoms with E-state index in [-0.39, 0.29) is 0 Å². The molecule has 2 nitrogen and oxygen atoms in total. The molecule has 0 saturated heterocycles. The zero-order valence-electron chi connectivity index (χ0n) is 11.2. The normalized spacial score (nSPS) is 14.8. The van der Waals surface area contributed by atoms with Crippen LogP contribution in [0.4, 0.5) is 0 Å². The Morgan fingerprint density at radius 1 is 1.30 bits per heavy atom. The van der Waals surface area contributed by atoms with Gasteiger partial charge in [0.15, 0.2) is 0 Å². The highest BCUT2D eigenvalue weighted by Crippen LogP contribution is 2.29. The van der Waals surface area contributed by atoms with Gasteiger partial charge in [-0.2, -0.15) is 0 Å². The fourth-order valence-corrected chi connectivity index (χ4v) is 3.67. The van der Waals surface area contributed by atoms with Gasteiger partial charge in [0, 0.05) is 33.9 Å². The summed E-state index contributed by atoms with van der Waals surface area (Å²) in [5, 5.41) is 6.03. The summed E-state index contributed by atoms with van der Waals surface area (Å²) in [5.41, 5.74) is 2.08. The molecule has 1 aliphatic carbocycles. The summed E-state index contributed by atoms with van der Waals surface area (Å²) < 4.78 is 0. The summed E-state index contributed by atoms with van der Waals surface area (Å²) in [6.45, 7) is 2.99. The van der Waals surface area contributed by atoms with Crippen LogP contribution < -0.4 is 5.32 Å². The third-order valence-corrected chi connectivity index (χ3v) is 5.32. The van der Waals surface area contributed by atoms with Gasteiger partial charge in [-0.1, -0.05) is 29.3 Å². The van der Waals surface area contributed by atoms with Gasteiger partial charge in [0.25, 0.3) is 0 Å². The first kappa shape index (κ1) is 14.3. The topological polar surface area (TPSA) is 24.9 Å². The smallest absolute Gasteiger partial charge is 0.0976 e. The van der Waals surface area contributed by atoms with Gasteiger partial charge in [0.1, 0.15) is 0 Å². The molecule has 1 heterocycles. The van der Waals surface area contributed by atoms with Crippen LogP contribution in [0.15, 0.2) is 18.2 Å². The molecule has 106 valence electrons. The maximum atomic E-state index is 6.22. The van der Waals surface area contributed by atoms with Crippen LogP contribution in [0.3, 0.4) is 0 Å². The van der Waals surface area contributed by atoms with Crippen molar-refractivity contribution in [1.82, 2.24) is 10.3 Å². The molecule has 3 rings (SSSR count). The maximum absolute atomic E-state index is 6.22. The quantitative estimate of drug-likeness (QED) is 0.868. The molecule has 0 radical (unpaired) electrons. The molecule has 0 unspecified atom stereocenters. The average molecular weight is 327 g/mol. The van der Waals surface area contributed by atoms with E-state index in [1.807, 2.05) is 18.2 Å². The number of halogens is 2. The zero-order valence-corrected chi connectivity index (χ0v) is 13.6. The Balaban J connectivity index is 1.75. The van der Waals surface area contributed by atoms with Crippen molar-refractivity contribution in [3.05, 3.63) is 49.4 Å². The molecule has 2 aromatic rings. The van der Waals surface area contributed by atoms with Crippen molar-refractivity contribution in [2.24, 2.45) is 0 Å². The molecule has 0 spiro atoms. The standard InChI is InChI=1S/C15H16Cl2N2S/c1-9-14(8-18-10-5-6-10)20-15(19-9)7-11-12(16)3-2-4-13(11)17/h2-4,10,18H,5-8H2,1H3. The van der Waals surface area contributed by atoms with Crippen LogP contribution in [0.25, 0.3) is 0 Å². The van der Waals surface area contributed by atoms with Crippen LogP contribution in [0, 0.1) is 6.92 Å². The number of rotatable bonds is 5. The van der Waals surface area contributed by atoms with E-state index in [4.69, 9.17) is 23.2 Å². The Bertz CT molecular complexity index is 600. The predicted molar refractivity (Wildman–Crippen MR) is 86.0 cm³/mol. The van der Waals surface area contributed by atoms with E-state index in [0.29, 0.717) is 16.5 Å². The molecule has 1 aliphatic rings. The monoisotopic (exact) mass is 326 g/mol. The lowest BCUT2D eigenvalue weighted by molar-refractivity contribution is 0.691. The van der Waals surface area contributed by atoms with Crippen molar-refractivity contribution in [1.29, 1.82) is 0 Å². The molecule has 1 aromatic carbocycles. The first-order valence-electron chi connectivity index (χ1n) is 6.75. The number of aryl methyl sites for hydroxylation is 1. The largest absolute Gasteiger partial charge is 0.309 e. The second kappa shape index (κ2) is 6.02. The third kappa shape index (κ3) is 3.34. The van der Waals surface area contributed by atoms with Crippen molar-refractivity contribution >= 4 is 34.5 Å². The SMILES string of the molecule is Cc1nc(Cc2c(Cl)cccc2Cl)sc1CNC1CC1. The maximum Gasteiger partial charge on any atom is 0.0976 e. The van der Waals surface area contributed by atoms with Gasteiger partial charge in [-0.3, -0.25) is 0 Å². The Hall–Kier alpha value is -0.610. The average Bonchev–Trinajstić information content (AvgIpc) is 3.16. The number of nitrogens with zero attached hydrogens (tertiary/aromatic N) is 1. The number of benzene rings is 1. The Labute approximate surface area is 133 Å². The van der Waals surface area contributed by atoms with E-state index in [1.54, 1.807) is 11.3 Å². The predicted octanol–water partition coefficient (Wildman–Crippen LogP) is 4.60. The number of hydrogen-bond donors (Lipinski definition) is 1. The van der Waals surface area contributed by atoms with Gasteiger partial charge in [-0.15, -0.1) is 11.3 Å². The van der Waals surface area contributed by atoms with E-state index >= 15 is 0 Å². The summed E-state index contributed by atoms with van der Waals surface area (Å²) in [6.07, 6.45) is 3.31. The van der Waals surface area contributed by atoms with E-state index < -0.39 is 0 Å². The van der Waals surface area contributed by atoms with Crippen LogP contribution in [0.5, 0.6) is 0 Å². The first-order valence-corrected chi connectivity index (χ1v) is 8.32. The van der Waals surface area contributed by atoms with Crippen LogP contribution in [0.1, 0.15) is 34.0 Å². The fourth-order valence-electron chi connectivity index (χ4n) is 2.10. The molecule has 1 saturated carbocycles. The van der Waals surface area contributed by atoms with Gasteiger partial charge in [-0.05, 0) is 37.5 Å². The lowest BCUT2D eigenvalue weighted by Gasteiger charge is -2.04. The molecule has 5 heteroatoms. The number of aromatic nitrogens is 1. The van der Waals surface area contributed by atoms with Crippen molar-refractivity contribution in [2.45, 2.75) is 38.8 Å². The molecule has 20 heavy (non-hydrogen) atoms. The lowest BCUT2D eigenvalue weighted by Crippen LogP contribution is -2.14. The minimum absolute atomic E-state index is 0.702. The van der Waals surface area contributed by atoms with Gasteiger partial charge in [0.05, 0.1) is 10.7 Å². The summed E-state index contributed by atoms with van der Waals surface area (Å²) in [5.74, 6) is 0. The summed E-state index contributed by atoms with van der Waals surface area (Å²) in [6, 6.07) is 6.34. The van der Waals surface area contributed by atoms with Crippen molar-refractivity contribution in [3.63, 3.8) is 0 Å². The van der Waals surface area contributed by atoms with E-state index in [0.717, 1.165) is 28.9 Å². The second-order valence-electron chi connectivity index (χ2n) is 5.15. The van der Waals surface area contributed by atoms with E-state index in [9.17, 15) is 0 Å². The van der Waals surface area contributed by atoms with Gasteiger partial charge in [-0.25, -0.2) is 4.98 Å². The molecule has 0 atom stereocenters. The molecular weight excluding hydrogens is 311 g/mol. The fraction of sp³-hybridized carbons (Fsp3) is 0.400. The van der Waals surface area contributed by atoms with Crippen molar-refractivity contribution in [2.75, 3.05) is 0 Å². The van der Waals surface area contributed by atoms with E-state index in [2.05, 4.69) is 17.2 Å². The Kier molecular flexibility index (Phi) is 4.32. The van der Waals surface area contributed by atoms with Crippen LogP contribution in [-0.2, 0) is 13.0 Å². The Morgan fingerprint density at radius 2 is 2.00 bits per heavy atom. The van der Waals surface area contributed by atoms with E-state index in [1.165, 1.54) is 17.7 Å². The molecule has 0 amide bonds. The summed E-state index contributed by atoms with van der Waals surface area (Å²) in [7, 11) is 0. The van der Waals surface area contributed by atoms with Crippen LogP contribution in [0.2, 0.25) is 10.0 Å². The minimum atomic E-state index is 0.702. The highest BCUT2D eigenvalue weighted by atomic mass is 35.5. The van der Waals surface area contributed by atoms with Crippen LogP contribution >= 0.6 is 34.5 Å². The third-order valence-electron chi connectivity index (χ3n) is 3.46. The van der Waals surface area contributed by atoms with Crippen molar-refractivity contribution < 1.29 is 0 Å². The minimum Gasteiger partial charge on any atom is -0.309 e. The van der Waals surface area contributed by atoms with Crippen LogP contribution in [-0.4, -0.2) is 11.0 Å². The molecule has 1 fully saturated rings. The Morgan fingerprint density at radius 3 is 2.65 bits per heavy atom. The van der Waals surface area contributed by atoms with Gasteiger partial charge < -0.3 is 5.32 Å². The molecule has 1 aromatic heterocycles. The molecule has 1 N–H and O–H groups in total. The number of nitrogens with one attached hydrogen (secondary N) is 1. The zero-order chi connectivity index (χ0) is 14.1. The first-order chi connectivity index (χ1) is 9.63. The highest BCUT2D eigenvalue weighted by Gasteiger charge is 2.21. The highest BCUT2D eigenvalue weighted by molar-refractivity contribution is 7.11. The second-order valence-corrected chi connectivity index (χ2v) is 7.13. The number of hydrogen-bond acceptors (Lipinski definition) is 3. The molecular formula is C15H16Cl2N2S. The lowest BCUT2D eigenvalue weighted by atomic mass is 10.1. The summed E-state index contributed by atoms with van der Waals surface area (Å²) >= 11 is 14.2. The summed E-state index contributed by atoms with van der Waals surface area (Å²) in [4.78, 5) is 5.96. The van der Waals surface area contributed by atoms with Crippen molar-refractivity contribution in [3.8, 4) is 0 Å². The van der Waals surface area contributed by atoms with Gasteiger partial charge >= 0.3 is 0 Å². The molecule has 0 aliphatic heterocycles. The molecule has 0 bridgehead atoms. The van der Waals surface area contributed by atoms with Gasteiger partial charge in [0.2, 0.25) is 0 Å². The number of thiazole rings is 1.